The number of nitrogens with two attached hydrogens (primary N) is 1. The number of para-hydroxylation sites is 1. The lowest BCUT2D eigenvalue weighted by molar-refractivity contribution is 0.252. The van der Waals surface area contributed by atoms with E-state index in [4.69, 9.17) is 5.73 Å². The zero-order valence-corrected chi connectivity index (χ0v) is 10.6. The van der Waals surface area contributed by atoms with Crippen LogP contribution in [0.4, 0.5) is 30.2 Å². The molecule has 6 heteroatoms. The van der Waals surface area contributed by atoms with Crippen LogP contribution in [-0.4, -0.2) is 5.76 Å². The molecule has 0 saturated heterocycles. The van der Waals surface area contributed by atoms with Crippen LogP contribution in [0.15, 0.2) is 47.4 Å². The van der Waals surface area contributed by atoms with Crippen molar-refractivity contribution in [3.05, 3.63) is 48.3 Å². The molecule has 0 atom stereocenters. The minimum atomic E-state index is -2.51. The summed E-state index contributed by atoms with van der Waals surface area (Å²) in [6.07, 6.45) is 0. The average Bonchev–Trinajstić information content (AvgIpc) is 2.29. The zero-order valence-electron chi connectivity index (χ0n) is 9.74. The Morgan fingerprint density at radius 3 is 2.53 bits per heavy atom. The molecule has 0 unspecified atom stereocenters. The van der Waals surface area contributed by atoms with E-state index in [0.717, 1.165) is 0 Å². The van der Waals surface area contributed by atoms with E-state index in [2.05, 4.69) is 5.32 Å². The van der Waals surface area contributed by atoms with Crippen LogP contribution in [0.1, 0.15) is 0 Å². The maximum atomic E-state index is 13.2. The van der Waals surface area contributed by atoms with E-state index >= 15 is 0 Å². The van der Waals surface area contributed by atoms with Crippen LogP contribution >= 0.6 is 11.8 Å². The third-order valence-corrected chi connectivity index (χ3v) is 3.09. The number of hydrogen-bond acceptors (Lipinski definition) is 3. The molecule has 0 bridgehead atoms. The van der Waals surface area contributed by atoms with Crippen LogP contribution in [0.3, 0.4) is 0 Å². The summed E-state index contributed by atoms with van der Waals surface area (Å²) in [6.45, 7) is 0. The second-order valence-corrected chi connectivity index (χ2v) is 4.80. The Labute approximate surface area is 112 Å². The molecule has 0 fully saturated rings. The first-order chi connectivity index (χ1) is 9.04. The van der Waals surface area contributed by atoms with Crippen LogP contribution in [0, 0.1) is 5.82 Å². The van der Waals surface area contributed by atoms with Crippen LogP contribution in [0.5, 0.6) is 0 Å². The second kappa shape index (κ2) is 5.88. The van der Waals surface area contributed by atoms with Gasteiger partial charge in [-0.25, -0.2) is 4.39 Å². The van der Waals surface area contributed by atoms with E-state index in [9.17, 15) is 13.2 Å². The Hall–Kier alpha value is -1.82. The average molecular weight is 284 g/mol. The fourth-order valence-corrected chi connectivity index (χ4v) is 2.20. The maximum absolute atomic E-state index is 13.2. The summed E-state index contributed by atoms with van der Waals surface area (Å²) in [4.78, 5) is 0.389. The van der Waals surface area contributed by atoms with Crippen molar-refractivity contribution in [2.45, 2.75) is 10.7 Å². The number of halogens is 3. The van der Waals surface area contributed by atoms with Gasteiger partial charge in [0.25, 0.3) is 5.76 Å². The molecule has 0 aliphatic heterocycles. The largest absolute Gasteiger partial charge is 0.399 e. The van der Waals surface area contributed by atoms with Crippen molar-refractivity contribution in [3.63, 3.8) is 0 Å². The van der Waals surface area contributed by atoms with E-state index in [1.807, 2.05) is 0 Å². The summed E-state index contributed by atoms with van der Waals surface area (Å²) in [5.41, 5.74) is 6.69. The molecule has 0 saturated carbocycles. The fourth-order valence-electron chi connectivity index (χ4n) is 1.61. The van der Waals surface area contributed by atoms with Gasteiger partial charge in [0, 0.05) is 16.3 Å². The monoisotopic (exact) mass is 284 g/mol. The Bertz CT molecular complexity index is 555. The first kappa shape index (κ1) is 13.6. The van der Waals surface area contributed by atoms with Crippen molar-refractivity contribution in [2.75, 3.05) is 11.1 Å². The number of benzene rings is 2. The highest BCUT2D eigenvalue weighted by molar-refractivity contribution is 7.99. The lowest BCUT2D eigenvalue weighted by Crippen LogP contribution is -1.96. The molecule has 0 aliphatic carbocycles. The molecule has 0 radical (unpaired) electrons. The van der Waals surface area contributed by atoms with Gasteiger partial charge in [-0.2, -0.15) is 8.78 Å². The number of anilines is 3. The highest BCUT2D eigenvalue weighted by atomic mass is 32.2. The number of nitrogen functional groups attached to an aromatic ring is 1. The van der Waals surface area contributed by atoms with Gasteiger partial charge in [0.1, 0.15) is 5.82 Å². The zero-order chi connectivity index (χ0) is 13.8. The molecule has 19 heavy (non-hydrogen) atoms. The fraction of sp³-hybridized carbons (Fsp3) is 0.0769. The molecule has 0 aliphatic rings. The van der Waals surface area contributed by atoms with Crippen molar-refractivity contribution in [2.24, 2.45) is 0 Å². The van der Waals surface area contributed by atoms with Gasteiger partial charge in [-0.3, -0.25) is 0 Å². The maximum Gasteiger partial charge on any atom is 0.288 e. The van der Waals surface area contributed by atoms with E-state index in [1.54, 1.807) is 24.3 Å². The lowest BCUT2D eigenvalue weighted by Gasteiger charge is -2.12. The Balaban J connectivity index is 2.27. The van der Waals surface area contributed by atoms with Crippen LogP contribution < -0.4 is 11.1 Å². The summed E-state index contributed by atoms with van der Waals surface area (Å²) < 4.78 is 38.0. The van der Waals surface area contributed by atoms with Gasteiger partial charge in [0.2, 0.25) is 0 Å². The third kappa shape index (κ3) is 3.82. The van der Waals surface area contributed by atoms with Gasteiger partial charge in [-0.05, 0) is 30.3 Å². The quantitative estimate of drug-likeness (QED) is 0.642. The predicted molar refractivity (Wildman–Crippen MR) is 72.4 cm³/mol. The van der Waals surface area contributed by atoms with Crippen molar-refractivity contribution >= 4 is 28.8 Å². The van der Waals surface area contributed by atoms with Crippen LogP contribution in [0.2, 0.25) is 0 Å². The van der Waals surface area contributed by atoms with Crippen LogP contribution in [0.25, 0.3) is 0 Å². The SMILES string of the molecule is Nc1cc(F)cc(Nc2ccccc2SC(F)F)c1. The molecule has 0 heterocycles. The molecule has 0 amide bonds. The minimum Gasteiger partial charge on any atom is -0.399 e. The normalized spacial score (nSPS) is 10.7. The lowest BCUT2D eigenvalue weighted by atomic mass is 10.2. The number of hydrogen-bond donors (Lipinski definition) is 2. The highest BCUT2D eigenvalue weighted by Crippen LogP contribution is 2.33. The Morgan fingerprint density at radius 2 is 1.84 bits per heavy atom. The van der Waals surface area contributed by atoms with Gasteiger partial charge in [0.15, 0.2) is 0 Å². The van der Waals surface area contributed by atoms with Gasteiger partial charge in [0.05, 0.1) is 5.69 Å². The van der Waals surface area contributed by atoms with Gasteiger partial charge in [-0.15, -0.1) is 0 Å². The Morgan fingerprint density at radius 1 is 1.11 bits per heavy atom. The molecule has 3 N–H and O–H groups in total. The van der Waals surface area contributed by atoms with Crippen LogP contribution in [-0.2, 0) is 0 Å². The van der Waals surface area contributed by atoms with Crippen molar-refractivity contribution < 1.29 is 13.2 Å². The molecule has 100 valence electrons. The van der Waals surface area contributed by atoms with E-state index in [-0.39, 0.29) is 5.69 Å². The molecule has 2 nitrogen and oxygen atoms in total. The number of thioether (sulfide) groups is 1. The van der Waals surface area contributed by atoms with Gasteiger partial charge in [-0.1, -0.05) is 23.9 Å². The molecule has 2 rings (SSSR count). The van der Waals surface area contributed by atoms with E-state index in [0.29, 0.717) is 28.0 Å². The summed E-state index contributed by atoms with van der Waals surface area (Å²) in [5, 5.41) is 2.89. The number of nitrogens with one attached hydrogen (secondary N) is 1. The van der Waals surface area contributed by atoms with Gasteiger partial charge < -0.3 is 11.1 Å². The summed E-state index contributed by atoms with van der Waals surface area (Å²) in [7, 11) is 0. The van der Waals surface area contributed by atoms with Crippen molar-refractivity contribution in [3.8, 4) is 0 Å². The summed E-state index contributed by atoms with van der Waals surface area (Å²) >= 11 is 0.432. The summed E-state index contributed by atoms with van der Waals surface area (Å²) in [6, 6.07) is 10.6. The number of rotatable bonds is 4. The molecule has 0 spiro atoms. The van der Waals surface area contributed by atoms with E-state index < -0.39 is 11.6 Å². The van der Waals surface area contributed by atoms with E-state index in [1.165, 1.54) is 18.2 Å². The number of alkyl halides is 2. The molecule has 2 aromatic carbocycles. The molecule has 0 aromatic heterocycles. The van der Waals surface area contributed by atoms with Crippen molar-refractivity contribution in [1.82, 2.24) is 0 Å². The Kier molecular flexibility index (Phi) is 4.21. The van der Waals surface area contributed by atoms with Gasteiger partial charge >= 0.3 is 0 Å². The summed E-state index contributed by atoms with van der Waals surface area (Å²) in [5.74, 6) is -3.00. The molecule has 2 aromatic rings. The smallest absolute Gasteiger partial charge is 0.288 e. The molecular weight excluding hydrogens is 273 g/mol. The third-order valence-electron chi connectivity index (χ3n) is 2.30. The second-order valence-electron chi connectivity index (χ2n) is 3.77. The first-order valence-electron chi connectivity index (χ1n) is 5.41. The topological polar surface area (TPSA) is 38.0 Å². The first-order valence-corrected chi connectivity index (χ1v) is 6.29. The molecular formula is C13H11F3N2S. The highest BCUT2D eigenvalue weighted by Gasteiger charge is 2.10. The predicted octanol–water partition coefficient (Wildman–Crippen LogP) is 4.47. The minimum absolute atomic E-state index is 0.265. The van der Waals surface area contributed by atoms with Crippen molar-refractivity contribution in [1.29, 1.82) is 0 Å². The standard InChI is InChI=1S/C13H11F3N2S/c14-8-5-9(17)7-10(6-8)18-11-3-1-2-4-12(11)19-13(15)16/h1-7,13,18H,17H2.